The summed E-state index contributed by atoms with van der Waals surface area (Å²) in [4.78, 5) is 11.7. The fourth-order valence-corrected chi connectivity index (χ4v) is 2.21. The van der Waals surface area contributed by atoms with Crippen LogP contribution in [0.15, 0.2) is 54.6 Å². The van der Waals surface area contributed by atoms with Crippen LogP contribution in [0.5, 0.6) is 11.5 Å². The third kappa shape index (κ3) is 6.87. The second kappa shape index (κ2) is 9.51. The molecule has 0 unspecified atom stereocenters. The van der Waals surface area contributed by atoms with E-state index in [-0.39, 0.29) is 11.7 Å². The molecule has 0 aromatic heterocycles. The molecule has 4 heteroatoms. The largest absolute Gasteiger partial charge is 0.508 e. The number of hydrogen-bond acceptors (Lipinski definition) is 3. The number of aromatic hydroxyl groups is 1. The topological polar surface area (TPSA) is 58.6 Å². The van der Waals surface area contributed by atoms with Gasteiger partial charge in [-0.25, -0.2) is 0 Å². The number of aryl methyl sites for hydroxylation is 1. The van der Waals surface area contributed by atoms with Crippen LogP contribution >= 0.6 is 0 Å². The molecule has 0 aliphatic heterocycles. The summed E-state index contributed by atoms with van der Waals surface area (Å²) >= 11 is 0. The summed E-state index contributed by atoms with van der Waals surface area (Å²) in [6, 6.07) is 16.8. The Morgan fingerprint density at radius 3 is 2.48 bits per heavy atom. The first-order valence-corrected chi connectivity index (χ1v) is 7.96. The van der Waals surface area contributed by atoms with Crippen molar-refractivity contribution in [2.24, 2.45) is 0 Å². The first-order chi connectivity index (χ1) is 11.2. The van der Waals surface area contributed by atoms with E-state index < -0.39 is 0 Å². The van der Waals surface area contributed by atoms with Crippen LogP contribution in [0.4, 0.5) is 0 Å². The van der Waals surface area contributed by atoms with Crippen molar-refractivity contribution in [2.45, 2.75) is 25.7 Å². The number of benzene rings is 2. The van der Waals surface area contributed by atoms with Gasteiger partial charge in [-0.3, -0.25) is 4.79 Å². The second-order valence-corrected chi connectivity index (χ2v) is 5.39. The first kappa shape index (κ1) is 16.9. The second-order valence-electron chi connectivity index (χ2n) is 5.39. The molecule has 0 aliphatic rings. The number of amides is 1. The number of nitrogens with one attached hydrogen (secondary N) is 1. The summed E-state index contributed by atoms with van der Waals surface area (Å²) in [7, 11) is 0. The van der Waals surface area contributed by atoms with Gasteiger partial charge < -0.3 is 15.2 Å². The van der Waals surface area contributed by atoms with Gasteiger partial charge in [0.1, 0.15) is 11.5 Å². The molecule has 0 saturated heterocycles. The standard InChI is InChI=1S/C19H23NO3/c21-17-12-10-16(11-13-17)6-4-14-20-19(22)9-5-15-23-18-7-2-1-3-8-18/h1-3,7-8,10-13,21H,4-6,9,14-15H2,(H,20,22). The number of rotatable bonds is 9. The number of para-hydroxylation sites is 1. The summed E-state index contributed by atoms with van der Waals surface area (Å²) in [5.41, 5.74) is 1.16. The third-order valence-electron chi connectivity index (χ3n) is 3.46. The molecule has 0 aliphatic carbocycles. The number of phenolic OH excluding ortho intramolecular Hbond substituents is 1. The Bertz CT molecular complexity index is 581. The van der Waals surface area contributed by atoms with Crippen LogP contribution in [0, 0.1) is 0 Å². The van der Waals surface area contributed by atoms with Crippen molar-refractivity contribution in [2.75, 3.05) is 13.2 Å². The molecule has 0 spiro atoms. The summed E-state index contributed by atoms with van der Waals surface area (Å²) in [6.45, 7) is 1.21. The lowest BCUT2D eigenvalue weighted by Gasteiger charge is -2.07. The van der Waals surface area contributed by atoms with Gasteiger partial charge >= 0.3 is 0 Å². The number of phenols is 1. The lowest BCUT2D eigenvalue weighted by Crippen LogP contribution is -2.24. The number of carbonyl (C=O) groups is 1. The van der Waals surface area contributed by atoms with Gasteiger partial charge in [-0.1, -0.05) is 30.3 Å². The van der Waals surface area contributed by atoms with Crippen LogP contribution in [0.1, 0.15) is 24.8 Å². The monoisotopic (exact) mass is 313 g/mol. The Kier molecular flexibility index (Phi) is 6.98. The zero-order valence-electron chi connectivity index (χ0n) is 13.2. The van der Waals surface area contributed by atoms with Crippen LogP contribution in [-0.2, 0) is 11.2 Å². The van der Waals surface area contributed by atoms with Crippen molar-refractivity contribution >= 4 is 5.91 Å². The molecular formula is C19H23NO3. The van der Waals surface area contributed by atoms with E-state index in [1.807, 2.05) is 42.5 Å². The predicted molar refractivity (Wildman–Crippen MR) is 90.6 cm³/mol. The molecule has 2 N–H and O–H groups in total. The lowest BCUT2D eigenvalue weighted by atomic mass is 10.1. The predicted octanol–water partition coefficient (Wildman–Crippen LogP) is 3.30. The van der Waals surface area contributed by atoms with Crippen molar-refractivity contribution in [3.8, 4) is 11.5 Å². The van der Waals surface area contributed by atoms with E-state index >= 15 is 0 Å². The summed E-state index contributed by atoms with van der Waals surface area (Å²) in [5, 5.41) is 12.1. The molecular weight excluding hydrogens is 290 g/mol. The molecule has 0 bridgehead atoms. The molecule has 0 heterocycles. The highest BCUT2D eigenvalue weighted by molar-refractivity contribution is 5.75. The van der Waals surface area contributed by atoms with Crippen molar-refractivity contribution in [3.63, 3.8) is 0 Å². The minimum absolute atomic E-state index is 0.0624. The number of carbonyl (C=O) groups excluding carboxylic acids is 1. The minimum atomic E-state index is 0.0624. The number of ether oxygens (including phenoxy) is 1. The third-order valence-corrected chi connectivity index (χ3v) is 3.46. The van der Waals surface area contributed by atoms with Gasteiger partial charge in [-0.2, -0.15) is 0 Å². The van der Waals surface area contributed by atoms with E-state index in [1.54, 1.807) is 12.1 Å². The zero-order valence-corrected chi connectivity index (χ0v) is 13.2. The maximum atomic E-state index is 11.7. The van der Waals surface area contributed by atoms with E-state index in [2.05, 4.69) is 5.32 Å². The molecule has 0 radical (unpaired) electrons. The van der Waals surface area contributed by atoms with Gasteiger partial charge in [-0.15, -0.1) is 0 Å². The molecule has 0 saturated carbocycles. The van der Waals surface area contributed by atoms with E-state index in [0.29, 0.717) is 26.0 Å². The quantitative estimate of drug-likeness (QED) is 0.698. The van der Waals surface area contributed by atoms with Gasteiger partial charge in [0.05, 0.1) is 6.61 Å². The molecule has 122 valence electrons. The first-order valence-electron chi connectivity index (χ1n) is 7.96. The smallest absolute Gasteiger partial charge is 0.220 e. The Labute approximate surface area is 137 Å². The van der Waals surface area contributed by atoms with E-state index in [1.165, 1.54) is 0 Å². The summed E-state index contributed by atoms with van der Waals surface area (Å²) in [5.74, 6) is 1.17. The van der Waals surface area contributed by atoms with Crippen LogP contribution in [0.3, 0.4) is 0 Å². The van der Waals surface area contributed by atoms with E-state index in [4.69, 9.17) is 4.74 Å². The normalized spacial score (nSPS) is 10.3. The maximum Gasteiger partial charge on any atom is 0.220 e. The Morgan fingerprint density at radius 1 is 1.00 bits per heavy atom. The van der Waals surface area contributed by atoms with Gasteiger partial charge in [0.25, 0.3) is 0 Å². The van der Waals surface area contributed by atoms with Crippen molar-refractivity contribution < 1.29 is 14.6 Å². The summed E-state index contributed by atoms with van der Waals surface area (Å²) < 4.78 is 5.55. The number of hydrogen-bond donors (Lipinski definition) is 2. The fraction of sp³-hybridized carbons (Fsp3) is 0.316. The minimum Gasteiger partial charge on any atom is -0.508 e. The highest BCUT2D eigenvalue weighted by Gasteiger charge is 2.01. The van der Waals surface area contributed by atoms with Crippen LogP contribution < -0.4 is 10.1 Å². The van der Waals surface area contributed by atoms with Crippen LogP contribution in [0.25, 0.3) is 0 Å². The highest BCUT2D eigenvalue weighted by Crippen LogP contribution is 2.11. The lowest BCUT2D eigenvalue weighted by molar-refractivity contribution is -0.121. The Balaban J connectivity index is 1.51. The van der Waals surface area contributed by atoms with Gasteiger partial charge in [0, 0.05) is 13.0 Å². The average molecular weight is 313 g/mol. The Morgan fingerprint density at radius 2 is 1.74 bits per heavy atom. The van der Waals surface area contributed by atoms with Gasteiger partial charge in [0.2, 0.25) is 5.91 Å². The molecule has 0 fully saturated rings. The van der Waals surface area contributed by atoms with E-state index in [0.717, 1.165) is 24.2 Å². The summed E-state index contributed by atoms with van der Waals surface area (Å²) in [6.07, 6.45) is 2.96. The van der Waals surface area contributed by atoms with Crippen LogP contribution in [0.2, 0.25) is 0 Å². The molecule has 23 heavy (non-hydrogen) atoms. The SMILES string of the molecule is O=C(CCCOc1ccccc1)NCCCc1ccc(O)cc1. The average Bonchev–Trinajstić information content (AvgIpc) is 2.58. The van der Waals surface area contributed by atoms with Gasteiger partial charge in [-0.05, 0) is 49.1 Å². The molecule has 2 aromatic rings. The highest BCUT2D eigenvalue weighted by atomic mass is 16.5. The molecule has 1 amide bonds. The molecule has 0 atom stereocenters. The molecule has 4 nitrogen and oxygen atoms in total. The van der Waals surface area contributed by atoms with Crippen LogP contribution in [-0.4, -0.2) is 24.2 Å². The van der Waals surface area contributed by atoms with Gasteiger partial charge in [0.15, 0.2) is 0 Å². The zero-order chi connectivity index (χ0) is 16.3. The fourth-order valence-electron chi connectivity index (χ4n) is 2.21. The van der Waals surface area contributed by atoms with E-state index in [9.17, 15) is 9.90 Å². The van der Waals surface area contributed by atoms with Crippen molar-refractivity contribution in [3.05, 3.63) is 60.2 Å². The van der Waals surface area contributed by atoms with Crippen molar-refractivity contribution in [1.82, 2.24) is 5.32 Å². The Hall–Kier alpha value is -2.49. The molecule has 2 aromatic carbocycles. The van der Waals surface area contributed by atoms with Crippen molar-refractivity contribution in [1.29, 1.82) is 0 Å². The molecule has 2 rings (SSSR count). The maximum absolute atomic E-state index is 11.7.